The smallest absolute Gasteiger partial charge is 0.227 e. The van der Waals surface area contributed by atoms with Gasteiger partial charge in [-0.15, -0.1) is 0 Å². The average molecular weight is 271 g/mol. The maximum atomic E-state index is 5.40. The summed E-state index contributed by atoms with van der Waals surface area (Å²) in [4.78, 5) is 4.52. The summed E-state index contributed by atoms with van der Waals surface area (Å²) in [6.07, 6.45) is 3.44. The molecule has 1 saturated heterocycles. The lowest BCUT2D eigenvalue weighted by Gasteiger charge is -2.27. The van der Waals surface area contributed by atoms with Gasteiger partial charge in [-0.05, 0) is 37.8 Å². The van der Waals surface area contributed by atoms with Gasteiger partial charge in [0, 0.05) is 12.0 Å². The Kier molecular flexibility index (Phi) is 4.11. The second kappa shape index (κ2) is 6.18. The first-order chi connectivity index (χ1) is 9.83. The van der Waals surface area contributed by atoms with Crippen molar-refractivity contribution in [3.05, 3.63) is 36.2 Å². The van der Waals surface area contributed by atoms with E-state index in [2.05, 4.69) is 22.4 Å². The number of nitrogens with one attached hydrogen (secondary N) is 1. The number of rotatable bonds is 4. The van der Waals surface area contributed by atoms with Gasteiger partial charge in [0.2, 0.25) is 11.7 Å². The Hall–Kier alpha value is -1.68. The first-order valence-electron chi connectivity index (χ1n) is 7.41. The summed E-state index contributed by atoms with van der Waals surface area (Å²) in [5.41, 5.74) is 1.01. The zero-order chi connectivity index (χ0) is 13.8. The van der Waals surface area contributed by atoms with Crippen LogP contribution in [0.2, 0.25) is 0 Å². The maximum Gasteiger partial charge on any atom is 0.227 e. The van der Waals surface area contributed by atoms with E-state index in [0.717, 1.165) is 36.9 Å². The number of hydrogen-bond acceptors (Lipinski definition) is 4. The van der Waals surface area contributed by atoms with Gasteiger partial charge >= 0.3 is 0 Å². The lowest BCUT2D eigenvalue weighted by molar-refractivity contribution is 0.257. The van der Waals surface area contributed by atoms with Gasteiger partial charge < -0.3 is 9.84 Å². The Balaban J connectivity index is 1.65. The summed E-state index contributed by atoms with van der Waals surface area (Å²) >= 11 is 0. The van der Waals surface area contributed by atoms with Crippen LogP contribution in [0.1, 0.15) is 25.7 Å². The van der Waals surface area contributed by atoms with Crippen molar-refractivity contribution in [1.29, 1.82) is 0 Å². The minimum Gasteiger partial charge on any atom is -0.339 e. The molecule has 1 aliphatic rings. The topological polar surface area (TPSA) is 51.0 Å². The first-order valence-corrected chi connectivity index (χ1v) is 7.41. The number of aromatic nitrogens is 2. The summed E-state index contributed by atoms with van der Waals surface area (Å²) in [7, 11) is 0. The lowest BCUT2D eigenvalue weighted by Crippen LogP contribution is -2.33. The average Bonchev–Trinajstić information content (AvgIpc) is 2.97. The fourth-order valence-corrected chi connectivity index (χ4v) is 2.85. The fourth-order valence-electron chi connectivity index (χ4n) is 2.85. The van der Waals surface area contributed by atoms with Crippen molar-refractivity contribution in [2.24, 2.45) is 11.8 Å². The zero-order valence-corrected chi connectivity index (χ0v) is 11.9. The molecule has 2 heterocycles. The molecule has 2 aromatic rings. The van der Waals surface area contributed by atoms with Crippen molar-refractivity contribution in [1.82, 2.24) is 15.5 Å². The molecule has 0 radical (unpaired) electrons. The molecule has 1 aromatic carbocycles. The molecule has 1 aliphatic heterocycles. The summed E-state index contributed by atoms with van der Waals surface area (Å²) in [5, 5.41) is 7.55. The molecule has 1 fully saturated rings. The lowest BCUT2D eigenvalue weighted by atomic mass is 9.85. The second-order valence-electron chi connectivity index (χ2n) is 5.67. The van der Waals surface area contributed by atoms with Crippen molar-refractivity contribution in [3.8, 4) is 11.4 Å². The molecular formula is C16H21N3O. The maximum absolute atomic E-state index is 5.40. The number of hydrogen-bond donors (Lipinski definition) is 1. The molecule has 0 saturated carbocycles. The zero-order valence-electron chi connectivity index (χ0n) is 11.9. The summed E-state index contributed by atoms with van der Waals surface area (Å²) < 4.78 is 5.40. The summed E-state index contributed by atoms with van der Waals surface area (Å²) in [5.74, 6) is 2.74. The highest BCUT2D eigenvalue weighted by Crippen LogP contribution is 2.24. The Bertz CT molecular complexity index is 532. The summed E-state index contributed by atoms with van der Waals surface area (Å²) in [6, 6.07) is 9.97. The van der Waals surface area contributed by atoms with Crippen molar-refractivity contribution >= 4 is 0 Å². The van der Waals surface area contributed by atoms with E-state index in [9.17, 15) is 0 Å². The predicted octanol–water partition coefficient (Wildman–Crippen LogP) is 2.91. The first kappa shape index (κ1) is 13.3. The van der Waals surface area contributed by atoms with E-state index in [1.165, 1.54) is 12.8 Å². The van der Waals surface area contributed by atoms with Crippen LogP contribution in [0.3, 0.4) is 0 Å². The standard InChI is InChI=1S/C16H21N3O/c1-12(14-8-5-9-17-11-14)10-15-18-16(19-20-15)13-6-3-2-4-7-13/h2-4,6-7,12,14,17H,5,8-11H2,1H3. The number of benzene rings is 1. The highest BCUT2D eigenvalue weighted by atomic mass is 16.5. The Labute approximate surface area is 119 Å². The highest BCUT2D eigenvalue weighted by molar-refractivity contribution is 5.53. The van der Waals surface area contributed by atoms with E-state index in [1.54, 1.807) is 0 Å². The van der Waals surface area contributed by atoms with Crippen LogP contribution in [0.5, 0.6) is 0 Å². The van der Waals surface area contributed by atoms with E-state index in [4.69, 9.17) is 4.52 Å². The SMILES string of the molecule is CC(Cc1nc(-c2ccccc2)no1)C1CCCNC1. The predicted molar refractivity (Wildman–Crippen MR) is 78.2 cm³/mol. The van der Waals surface area contributed by atoms with Crippen LogP contribution in [0.15, 0.2) is 34.9 Å². The van der Waals surface area contributed by atoms with Crippen molar-refractivity contribution in [2.75, 3.05) is 13.1 Å². The van der Waals surface area contributed by atoms with Crippen LogP contribution >= 0.6 is 0 Å². The highest BCUT2D eigenvalue weighted by Gasteiger charge is 2.22. The van der Waals surface area contributed by atoms with E-state index in [1.807, 2.05) is 30.3 Å². The molecule has 4 heteroatoms. The van der Waals surface area contributed by atoms with Crippen LogP contribution in [-0.4, -0.2) is 23.2 Å². The molecule has 3 rings (SSSR count). The minimum absolute atomic E-state index is 0.576. The van der Waals surface area contributed by atoms with Gasteiger partial charge in [-0.25, -0.2) is 0 Å². The van der Waals surface area contributed by atoms with Crippen LogP contribution in [0.25, 0.3) is 11.4 Å². The van der Waals surface area contributed by atoms with Gasteiger partial charge in [-0.3, -0.25) is 0 Å². The van der Waals surface area contributed by atoms with Gasteiger partial charge in [0.1, 0.15) is 0 Å². The van der Waals surface area contributed by atoms with Crippen LogP contribution < -0.4 is 5.32 Å². The number of nitrogens with zero attached hydrogens (tertiary/aromatic N) is 2. The van der Waals surface area contributed by atoms with Gasteiger partial charge in [0.25, 0.3) is 0 Å². The molecule has 0 spiro atoms. The van der Waals surface area contributed by atoms with Gasteiger partial charge in [-0.1, -0.05) is 42.4 Å². The molecule has 0 aliphatic carbocycles. The Morgan fingerprint density at radius 1 is 1.35 bits per heavy atom. The number of piperidine rings is 1. The Morgan fingerprint density at radius 3 is 2.95 bits per heavy atom. The third kappa shape index (κ3) is 3.07. The van der Waals surface area contributed by atoms with Crippen molar-refractivity contribution in [2.45, 2.75) is 26.2 Å². The quantitative estimate of drug-likeness (QED) is 0.929. The third-order valence-corrected chi connectivity index (χ3v) is 4.14. The second-order valence-corrected chi connectivity index (χ2v) is 5.67. The van der Waals surface area contributed by atoms with Crippen LogP contribution in [-0.2, 0) is 6.42 Å². The van der Waals surface area contributed by atoms with Gasteiger partial charge in [0.05, 0.1) is 0 Å². The molecule has 0 bridgehead atoms. The van der Waals surface area contributed by atoms with Crippen molar-refractivity contribution < 1.29 is 4.52 Å². The van der Waals surface area contributed by atoms with E-state index in [-0.39, 0.29) is 0 Å². The molecule has 106 valence electrons. The normalized spacial score (nSPS) is 20.8. The molecule has 2 atom stereocenters. The molecule has 4 nitrogen and oxygen atoms in total. The van der Waals surface area contributed by atoms with Gasteiger partial charge in [0.15, 0.2) is 0 Å². The van der Waals surface area contributed by atoms with Crippen LogP contribution in [0.4, 0.5) is 0 Å². The van der Waals surface area contributed by atoms with E-state index in [0.29, 0.717) is 11.7 Å². The van der Waals surface area contributed by atoms with Crippen LogP contribution in [0, 0.1) is 11.8 Å². The summed E-state index contributed by atoms with van der Waals surface area (Å²) in [6.45, 7) is 4.55. The minimum atomic E-state index is 0.576. The molecule has 1 N–H and O–H groups in total. The van der Waals surface area contributed by atoms with Crippen molar-refractivity contribution in [3.63, 3.8) is 0 Å². The fraction of sp³-hybridized carbons (Fsp3) is 0.500. The van der Waals surface area contributed by atoms with E-state index >= 15 is 0 Å². The Morgan fingerprint density at radius 2 is 2.20 bits per heavy atom. The van der Waals surface area contributed by atoms with E-state index < -0.39 is 0 Å². The molecular weight excluding hydrogens is 250 g/mol. The monoisotopic (exact) mass is 271 g/mol. The molecule has 2 unspecified atom stereocenters. The molecule has 20 heavy (non-hydrogen) atoms. The third-order valence-electron chi connectivity index (χ3n) is 4.14. The molecule has 0 amide bonds. The van der Waals surface area contributed by atoms with Gasteiger partial charge in [-0.2, -0.15) is 4.98 Å². The molecule has 1 aromatic heterocycles. The largest absolute Gasteiger partial charge is 0.339 e.